The zero-order valence-corrected chi connectivity index (χ0v) is 16.4. The monoisotopic (exact) mass is 396 g/mol. The molecule has 4 aliphatic rings. The predicted octanol–water partition coefficient (Wildman–Crippen LogP) is 3.95. The molecule has 3 fully saturated rings. The maximum Gasteiger partial charge on any atom is 0.249 e. The van der Waals surface area contributed by atoms with Crippen molar-refractivity contribution in [3.05, 3.63) is 52.9 Å². The van der Waals surface area contributed by atoms with Gasteiger partial charge in [-0.25, -0.2) is 9.99 Å². The van der Waals surface area contributed by atoms with E-state index >= 15 is 0 Å². The van der Waals surface area contributed by atoms with Gasteiger partial charge in [0.1, 0.15) is 0 Å². The van der Waals surface area contributed by atoms with Gasteiger partial charge in [-0.2, -0.15) is 5.10 Å². The Labute approximate surface area is 168 Å². The second-order valence-electron chi connectivity index (χ2n) is 8.35. The smallest absolute Gasteiger partial charge is 0.249 e. The fourth-order valence-electron chi connectivity index (χ4n) is 4.87. The van der Waals surface area contributed by atoms with E-state index in [0.29, 0.717) is 17.5 Å². The second kappa shape index (κ2) is 6.27. The van der Waals surface area contributed by atoms with Gasteiger partial charge in [-0.3, -0.25) is 9.78 Å². The molecule has 1 aromatic carbocycles. The van der Waals surface area contributed by atoms with Crippen molar-refractivity contribution in [3.8, 4) is 5.88 Å². The molecule has 3 aliphatic carbocycles. The third kappa shape index (κ3) is 2.78. The summed E-state index contributed by atoms with van der Waals surface area (Å²) in [4.78, 5) is 21.6. The highest BCUT2D eigenvalue weighted by Gasteiger charge is 2.72. The molecule has 144 valence electrons. The van der Waals surface area contributed by atoms with E-state index in [0.717, 1.165) is 36.9 Å². The molecular weight excluding hydrogens is 376 g/mol. The standard InChI is InChI=1S/C21H21ClN4O2/c1-14-8-24-18(9-23-14)28-13-20-10-21(11-20,12-20)19(27)26-17(6-7-25-26)15-2-4-16(22)5-3-15/h2-5,7-9,17H,6,10-13H2,1H3. The number of carbonyl (C=O) groups is 1. The first kappa shape index (κ1) is 17.6. The number of aryl methyl sites for hydroxylation is 1. The minimum Gasteiger partial charge on any atom is -0.476 e. The summed E-state index contributed by atoms with van der Waals surface area (Å²) < 4.78 is 5.82. The number of nitrogens with zero attached hydrogens (tertiary/aromatic N) is 4. The lowest BCUT2D eigenvalue weighted by Gasteiger charge is -2.69. The average molecular weight is 397 g/mol. The first-order valence-corrected chi connectivity index (χ1v) is 9.90. The van der Waals surface area contributed by atoms with E-state index in [2.05, 4.69) is 15.1 Å². The Balaban J connectivity index is 1.21. The van der Waals surface area contributed by atoms with Crippen molar-refractivity contribution in [1.29, 1.82) is 0 Å². The number of rotatable bonds is 5. The number of hydrogen-bond acceptors (Lipinski definition) is 5. The number of hydrazone groups is 1. The van der Waals surface area contributed by atoms with Crippen LogP contribution in [0.15, 0.2) is 41.8 Å². The van der Waals surface area contributed by atoms with Crippen LogP contribution in [0.3, 0.4) is 0 Å². The van der Waals surface area contributed by atoms with Crippen LogP contribution in [0.1, 0.15) is 43.0 Å². The number of amides is 1. The Morgan fingerprint density at radius 2 is 1.96 bits per heavy atom. The van der Waals surface area contributed by atoms with Gasteiger partial charge in [0.2, 0.25) is 11.8 Å². The molecule has 6 rings (SSSR count). The van der Waals surface area contributed by atoms with Crippen LogP contribution in [0, 0.1) is 17.8 Å². The molecular formula is C21H21ClN4O2. The van der Waals surface area contributed by atoms with Crippen LogP contribution in [-0.4, -0.2) is 33.7 Å². The maximum absolute atomic E-state index is 13.2. The highest BCUT2D eigenvalue weighted by Crippen LogP contribution is 2.74. The van der Waals surface area contributed by atoms with Gasteiger partial charge < -0.3 is 4.74 Å². The van der Waals surface area contributed by atoms with E-state index in [9.17, 15) is 4.79 Å². The highest BCUT2D eigenvalue weighted by molar-refractivity contribution is 6.30. The number of aromatic nitrogens is 2. The van der Waals surface area contributed by atoms with Gasteiger partial charge in [0.25, 0.3) is 0 Å². The van der Waals surface area contributed by atoms with Crippen molar-refractivity contribution in [2.24, 2.45) is 15.9 Å². The Morgan fingerprint density at radius 3 is 2.64 bits per heavy atom. The van der Waals surface area contributed by atoms with Gasteiger partial charge in [-0.15, -0.1) is 0 Å². The zero-order chi connectivity index (χ0) is 19.4. The van der Waals surface area contributed by atoms with Gasteiger partial charge in [0.05, 0.1) is 36.2 Å². The van der Waals surface area contributed by atoms with E-state index in [1.165, 1.54) is 0 Å². The largest absolute Gasteiger partial charge is 0.476 e. The van der Waals surface area contributed by atoms with E-state index in [4.69, 9.17) is 16.3 Å². The number of hydrogen-bond donors (Lipinski definition) is 0. The lowest BCUT2D eigenvalue weighted by atomic mass is 9.35. The molecule has 1 aliphatic heterocycles. The number of carbonyl (C=O) groups excluding carboxylic acids is 1. The van der Waals surface area contributed by atoms with Crippen molar-refractivity contribution in [2.75, 3.05) is 6.61 Å². The summed E-state index contributed by atoms with van der Waals surface area (Å²) in [6.45, 7) is 2.48. The van der Waals surface area contributed by atoms with E-state index in [-0.39, 0.29) is 22.8 Å². The number of ether oxygens (including phenoxy) is 1. The minimum absolute atomic E-state index is 0.0335. The lowest BCUT2D eigenvalue weighted by molar-refractivity contribution is -0.227. The third-order valence-corrected chi connectivity index (χ3v) is 6.42. The SMILES string of the molecule is Cc1cnc(OCC23CC(C(=O)N4N=CCC4c4ccc(Cl)cc4)(C2)C3)cn1. The van der Waals surface area contributed by atoms with Gasteiger partial charge in [-0.05, 0) is 43.9 Å². The van der Waals surface area contributed by atoms with Crippen molar-refractivity contribution in [3.63, 3.8) is 0 Å². The zero-order valence-electron chi connectivity index (χ0n) is 15.6. The molecule has 0 saturated heterocycles. The molecule has 0 radical (unpaired) electrons. The molecule has 2 aromatic rings. The van der Waals surface area contributed by atoms with Crippen molar-refractivity contribution < 1.29 is 9.53 Å². The van der Waals surface area contributed by atoms with Gasteiger partial charge >= 0.3 is 0 Å². The summed E-state index contributed by atoms with van der Waals surface area (Å²) in [7, 11) is 0. The highest BCUT2D eigenvalue weighted by atomic mass is 35.5. The molecule has 1 aromatic heterocycles. The first-order chi connectivity index (χ1) is 13.5. The first-order valence-electron chi connectivity index (χ1n) is 9.52. The molecule has 1 amide bonds. The van der Waals surface area contributed by atoms with E-state index < -0.39 is 0 Å². The van der Waals surface area contributed by atoms with Crippen molar-refractivity contribution >= 4 is 23.7 Å². The Kier molecular flexibility index (Phi) is 3.95. The van der Waals surface area contributed by atoms with Crippen LogP contribution in [0.5, 0.6) is 5.88 Å². The van der Waals surface area contributed by atoms with Gasteiger partial charge in [-0.1, -0.05) is 23.7 Å². The fourth-order valence-corrected chi connectivity index (χ4v) is 5.00. The molecule has 28 heavy (non-hydrogen) atoms. The van der Waals surface area contributed by atoms with Crippen LogP contribution in [-0.2, 0) is 4.79 Å². The Bertz CT molecular complexity index is 922. The summed E-state index contributed by atoms with van der Waals surface area (Å²) in [5.74, 6) is 0.681. The molecule has 6 nitrogen and oxygen atoms in total. The number of benzene rings is 1. The second-order valence-corrected chi connectivity index (χ2v) is 8.78. The third-order valence-electron chi connectivity index (χ3n) is 6.17. The molecule has 0 spiro atoms. The normalized spacial score (nSPS) is 29.9. The molecule has 7 heteroatoms. The van der Waals surface area contributed by atoms with Crippen molar-refractivity contribution in [2.45, 2.75) is 38.6 Å². The van der Waals surface area contributed by atoms with Crippen LogP contribution >= 0.6 is 11.6 Å². The lowest BCUT2D eigenvalue weighted by Crippen LogP contribution is -2.69. The molecule has 1 atom stereocenters. The molecule has 1 unspecified atom stereocenters. The van der Waals surface area contributed by atoms with Gasteiger partial charge in [0.15, 0.2) is 0 Å². The minimum atomic E-state index is -0.269. The quantitative estimate of drug-likeness (QED) is 0.767. The Morgan fingerprint density at radius 1 is 1.21 bits per heavy atom. The summed E-state index contributed by atoms with van der Waals surface area (Å²) in [5, 5.41) is 6.76. The summed E-state index contributed by atoms with van der Waals surface area (Å²) in [6, 6.07) is 7.64. The number of halogens is 1. The molecule has 2 heterocycles. The van der Waals surface area contributed by atoms with E-state index in [1.807, 2.05) is 37.4 Å². The fraction of sp³-hybridized carbons (Fsp3) is 0.429. The van der Waals surface area contributed by atoms with Gasteiger partial charge in [0, 0.05) is 23.1 Å². The maximum atomic E-state index is 13.2. The van der Waals surface area contributed by atoms with Crippen LogP contribution in [0.2, 0.25) is 5.02 Å². The summed E-state index contributed by atoms with van der Waals surface area (Å²) in [6.07, 6.45) is 8.50. The summed E-state index contributed by atoms with van der Waals surface area (Å²) in [5.41, 5.74) is 1.76. The topological polar surface area (TPSA) is 67.7 Å². The molecule has 2 bridgehead atoms. The van der Waals surface area contributed by atoms with Crippen LogP contribution in [0.4, 0.5) is 0 Å². The average Bonchev–Trinajstić information content (AvgIpc) is 3.11. The Hall–Kier alpha value is -2.47. The predicted molar refractivity (Wildman–Crippen MR) is 105 cm³/mol. The molecule has 0 N–H and O–H groups in total. The summed E-state index contributed by atoms with van der Waals surface area (Å²) >= 11 is 5.99. The van der Waals surface area contributed by atoms with Crippen LogP contribution < -0.4 is 4.74 Å². The van der Waals surface area contributed by atoms with Crippen molar-refractivity contribution in [1.82, 2.24) is 15.0 Å². The molecule has 3 saturated carbocycles. The van der Waals surface area contributed by atoms with E-state index in [1.54, 1.807) is 17.4 Å². The van der Waals surface area contributed by atoms with Crippen LogP contribution in [0.25, 0.3) is 0 Å².